The molecule has 98 valence electrons. The van der Waals surface area contributed by atoms with Gasteiger partial charge in [0, 0.05) is 24.5 Å². The smallest absolute Gasteiger partial charge is 0.0538 e. The molecule has 2 nitrogen and oxygen atoms in total. The van der Waals surface area contributed by atoms with Crippen LogP contribution in [0.25, 0.3) is 0 Å². The van der Waals surface area contributed by atoms with Crippen LogP contribution in [0.2, 0.25) is 0 Å². The lowest BCUT2D eigenvalue weighted by Gasteiger charge is -2.46. The van der Waals surface area contributed by atoms with Crippen molar-refractivity contribution in [3.8, 4) is 0 Å². The summed E-state index contributed by atoms with van der Waals surface area (Å²) in [6.45, 7) is 8.01. The van der Waals surface area contributed by atoms with Crippen LogP contribution in [0.1, 0.15) is 52.4 Å². The first kappa shape index (κ1) is 12.0. The van der Waals surface area contributed by atoms with Crippen molar-refractivity contribution >= 4 is 0 Å². The number of nitrogens with zero attached hydrogens (tertiary/aromatic N) is 1. The predicted octanol–water partition coefficient (Wildman–Crippen LogP) is 3.07. The first-order valence-corrected chi connectivity index (χ1v) is 7.53. The lowest BCUT2D eigenvalue weighted by Crippen LogP contribution is -2.50. The van der Waals surface area contributed by atoms with Crippen LogP contribution in [-0.4, -0.2) is 36.7 Å². The van der Waals surface area contributed by atoms with Crippen LogP contribution < -0.4 is 0 Å². The van der Waals surface area contributed by atoms with Crippen LogP contribution in [0.15, 0.2) is 0 Å². The van der Waals surface area contributed by atoms with Gasteiger partial charge in [0.25, 0.3) is 0 Å². The third-order valence-electron chi connectivity index (χ3n) is 5.04. The van der Waals surface area contributed by atoms with Crippen molar-refractivity contribution in [1.82, 2.24) is 4.90 Å². The molecule has 0 aromatic carbocycles. The average molecular weight is 237 g/mol. The molecule has 0 aromatic rings. The van der Waals surface area contributed by atoms with Gasteiger partial charge in [0.1, 0.15) is 0 Å². The summed E-state index contributed by atoms with van der Waals surface area (Å²) in [5.41, 5.74) is 0.543. The third-order valence-corrected chi connectivity index (χ3v) is 5.04. The molecule has 17 heavy (non-hydrogen) atoms. The number of piperidine rings is 2. The Morgan fingerprint density at radius 3 is 2.35 bits per heavy atom. The molecule has 2 saturated heterocycles. The highest BCUT2D eigenvalue weighted by Gasteiger charge is 2.47. The summed E-state index contributed by atoms with van der Waals surface area (Å²) in [6.07, 6.45) is 9.11. The van der Waals surface area contributed by atoms with Crippen molar-refractivity contribution in [3.05, 3.63) is 0 Å². The van der Waals surface area contributed by atoms with Crippen molar-refractivity contribution in [1.29, 1.82) is 0 Å². The van der Waals surface area contributed by atoms with Gasteiger partial charge in [-0.25, -0.2) is 0 Å². The van der Waals surface area contributed by atoms with E-state index in [9.17, 15) is 0 Å². The highest BCUT2D eigenvalue weighted by Crippen LogP contribution is 2.48. The lowest BCUT2D eigenvalue weighted by molar-refractivity contribution is -0.00505. The number of fused-ring (bicyclic) bond motifs is 3. The Bertz CT molecular complexity index is 264. The topological polar surface area (TPSA) is 12.5 Å². The highest BCUT2D eigenvalue weighted by molar-refractivity contribution is 4.99. The maximum absolute atomic E-state index is 5.86. The normalized spacial score (nSPS) is 35.5. The van der Waals surface area contributed by atoms with Gasteiger partial charge < -0.3 is 4.74 Å². The quantitative estimate of drug-likeness (QED) is 0.728. The molecule has 4 rings (SSSR count). The van der Waals surface area contributed by atoms with Crippen molar-refractivity contribution in [3.63, 3.8) is 0 Å². The Morgan fingerprint density at radius 2 is 1.88 bits per heavy atom. The molecule has 2 heteroatoms. The van der Waals surface area contributed by atoms with Crippen LogP contribution in [0, 0.1) is 11.3 Å². The van der Waals surface area contributed by atoms with E-state index >= 15 is 0 Å². The average Bonchev–Trinajstić information content (AvgIpc) is 3.09. The maximum atomic E-state index is 5.86. The van der Waals surface area contributed by atoms with Gasteiger partial charge in [0.05, 0.1) is 12.7 Å². The van der Waals surface area contributed by atoms with E-state index in [4.69, 9.17) is 4.74 Å². The van der Waals surface area contributed by atoms with Crippen LogP contribution in [0.4, 0.5) is 0 Å². The van der Waals surface area contributed by atoms with Gasteiger partial charge in [0.2, 0.25) is 0 Å². The van der Waals surface area contributed by atoms with Crippen LogP contribution in [0.5, 0.6) is 0 Å². The van der Waals surface area contributed by atoms with Gasteiger partial charge in [0.15, 0.2) is 0 Å². The molecule has 2 heterocycles. The maximum Gasteiger partial charge on any atom is 0.0538 e. The second-order valence-electron chi connectivity index (χ2n) is 6.96. The Balaban J connectivity index is 1.53. The Kier molecular flexibility index (Phi) is 3.20. The van der Waals surface area contributed by atoms with E-state index < -0.39 is 0 Å². The van der Waals surface area contributed by atoms with Crippen molar-refractivity contribution in [2.75, 3.05) is 19.7 Å². The van der Waals surface area contributed by atoms with Crippen molar-refractivity contribution in [2.24, 2.45) is 11.3 Å². The first-order chi connectivity index (χ1) is 8.17. The number of hydrogen-bond donors (Lipinski definition) is 0. The fourth-order valence-corrected chi connectivity index (χ4v) is 3.67. The monoisotopic (exact) mass is 237 g/mol. The summed E-state index contributed by atoms with van der Waals surface area (Å²) in [6, 6.07) is 0.913. The molecular formula is C15H27NO. The molecule has 0 spiro atoms. The molecule has 2 saturated carbocycles. The molecule has 0 N–H and O–H groups in total. The molecule has 0 aromatic heterocycles. The van der Waals surface area contributed by atoms with E-state index in [-0.39, 0.29) is 0 Å². The molecule has 2 aliphatic carbocycles. The number of ether oxygens (including phenoxy) is 1. The summed E-state index contributed by atoms with van der Waals surface area (Å²) >= 11 is 0. The molecule has 2 bridgehead atoms. The summed E-state index contributed by atoms with van der Waals surface area (Å²) in [7, 11) is 0. The molecule has 2 aliphatic heterocycles. The zero-order valence-electron chi connectivity index (χ0n) is 11.5. The molecule has 4 aliphatic rings. The van der Waals surface area contributed by atoms with E-state index in [0.717, 1.165) is 18.6 Å². The molecule has 0 amide bonds. The van der Waals surface area contributed by atoms with Gasteiger partial charge >= 0.3 is 0 Å². The minimum absolute atomic E-state index is 0.394. The van der Waals surface area contributed by atoms with Gasteiger partial charge in [-0.3, -0.25) is 4.90 Å². The number of hydrogen-bond acceptors (Lipinski definition) is 2. The van der Waals surface area contributed by atoms with Gasteiger partial charge in [-0.1, -0.05) is 0 Å². The molecular weight excluding hydrogens is 210 g/mol. The number of rotatable bonds is 5. The van der Waals surface area contributed by atoms with Gasteiger partial charge in [-0.2, -0.15) is 0 Å². The second-order valence-corrected chi connectivity index (χ2v) is 6.96. The largest absolute Gasteiger partial charge is 0.378 e. The van der Waals surface area contributed by atoms with Crippen LogP contribution >= 0.6 is 0 Å². The van der Waals surface area contributed by atoms with Crippen molar-refractivity contribution in [2.45, 2.75) is 64.5 Å². The summed E-state index contributed by atoms with van der Waals surface area (Å²) in [5, 5.41) is 0. The standard InChI is InChI=1S/C15H27NO/c1-12(2)17-11-15(7-8-15)10-16-9-13-3-5-14(16)6-4-13/h12-14H,3-11H2,1-2H3. The fourth-order valence-electron chi connectivity index (χ4n) is 3.67. The van der Waals surface area contributed by atoms with E-state index in [1.807, 2.05) is 0 Å². The molecule has 0 unspecified atom stereocenters. The predicted molar refractivity (Wildman–Crippen MR) is 70.1 cm³/mol. The molecule has 0 radical (unpaired) electrons. The van der Waals surface area contributed by atoms with Crippen LogP contribution in [-0.2, 0) is 4.74 Å². The highest BCUT2D eigenvalue weighted by atomic mass is 16.5. The van der Waals surface area contributed by atoms with E-state index in [1.165, 1.54) is 51.6 Å². The zero-order chi connectivity index (χ0) is 11.9. The second kappa shape index (κ2) is 4.55. The first-order valence-electron chi connectivity index (χ1n) is 7.53. The molecule has 4 fully saturated rings. The SMILES string of the molecule is CC(C)OCC1(CN2CC3CCC2CC3)CC1. The Morgan fingerprint density at radius 1 is 1.18 bits per heavy atom. The Labute approximate surface area is 106 Å². The zero-order valence-corrected chi connectivity index (χ0v) is 11.5. The lowest BCUT2D eigenvalue weighted by atomic mass is 9.79. The summed E-state index contributed by atoms with van der Waals surface area (Å²) < 4.78 is 5.86. The minimum atomic E-state index is 0.394. The minimum Gasteiger partial charge on any atom is -0.378 e. The summed E-state index contributed by atoms with van der Waals surface area (Å²) in [5.74, 6) is 1.02. The van der Waals surface area contributed by atoms with E-state index in [1.54, 1.807) is 0 Å². The summed E-state index contributed by atoms with van der Waals surface area (Å²) in [4.78, 5) is 2.80. The Hall–Kier alpha value is -0.0800. The molecule has 0 atom stereocenters. The van der Waals surface area contributed by atoms with E-state index in [2.05, 4.69) is 18.7 Å². The third kappa shape index (κ3) is 2.68. The van der Waals surface area contributed by atoms with Crippen molar-refractivity contribution < 1.29 is 4.74 Å². The fraction of sp³-hybridized carbons (Fsp3) is 1.00. The van der Waals surface area contributed by atoms with Crippen LogP contribution in [0.3, 0.4) is 0 Å². The van der Waals surface area contributed by atoms with E-state index in [0.29, 0.717) is 11.5 Å². The van der Waals surface area contributed by atoms with Gasteiger partial charge in [-0.05, 0) is 58.3 Å². The van der Waals surface area contributed by atoms with Gasteiger partial charge in [-0.15, -0.1) is 0 Å².